The lowest BCUT2D eigenvalue weighted by Gasteiger charge is -2.18. The average Bonchev–Trinajstić information content (AvgIpc) is 2.48. The fourth-order valence-corrected chi connectivity index (χ4v) is 0.947. The number of rotatable bonds is 2. The lowest BCUT2D eigenvalue weighted by molar-refractivity contribution is 0.0634. The van der Waals surface area contributed by atoms with Crippen molar-refractivity contribution in [3.8, 4) is 0 Å². The van der Waals surface area contributed by atoms with Crippen molar-refractivity contribution >= 4 is 11.9 Å². The lowest BCUT2D eigenvalue weighted by Crippen LogP contribution is -2.27. The summed E-state index contributed by atoms with van der Waals surface area (Å²) in [6.07, 6.45) is 0.210. The van der Waals surface area contributed by atoms with Crippen molar-refractivity contribution in [2.24, 2.45) is 0 Å². The summed E-state index contributed by atoms with van der Waals surface area (Å²) in [5.41, 5.74) is -0.512. The first-order valence-corrected chi connectivity index (χ1v) is 4.86. The molecule has 0 saturated carbocycles. The van der Waals surface area contributed by atoms with E-state index in [-0.39, 0.29) is 0 Å². The summed E-state index contributed by atoms with van der Waals surface area (Å²) in [6.45, 7) is 7.34. The van der Waals surface area contributed by atoms with Crippen molar-refractivity contribution in [2.45, 2.75) is 39.7 Å². The van der Waals surface area contributed by atoms with Crippen LogP contribution in [0, 0.1) is 0 Å². The molecule has 1 N–H and O–H groups in total. The van der Waals surface area contributed by atoms with Crippen LogP contribution in [-0.4, -0.2) is 16.9 Å². The van der Waals surface area contributed by atoms with Crippen LogP contribution in [0.25, 0.3) is 0 Å². The molecule has 0 aromatic carbocycles. The van der Waals surface area contributed by atoms with Gasteiger partial charge in [0.1, 0.15) is 11.4 Å². The number of amides is 1. The Bertz CT molecular complexity index is 339. The number of ether oxygens (including phenoxy) is 1. The third-order valence-electron chi connectivity index (χ3n) is 1.54. The second-order valence-electron chi connectivity index (χ2n) is 4.16. The molecule has 1 amide bonds. The molecule has 1 rings (SSSR count). The van der Waals surface area contributed by atoms with Gasteiger partial charge in [0.05, 0.1) is 0 Å². The Morgan fingerprint density at radius 3 is 2.73 bits per heavy atom. The molecule has 0 saturated heterocycles. The Balaban J connectivity index is 2.51. The number of aryl methyl sites for hydroxylation is 1. The highest BCUT2D eigenvalue weighted by Crippen LogP contribution is 2.12. The van der Waals surface area contributed by atoms with Crippen LogP contribution in [0.1, 0.15) is 33.5 Å². The summed E-state index contributed by atoms with van der Waals surface area (Å²) in [5, 5.41) is 6.16. The van der Waals surface area contributed by atoms with Crippen molar-refractivity contribution in [3.05, 3.63) is 11.8 Å². The molecule has 5 nitrogen and oxygen atoms in total. The predicted octanol–water partition coefficient (Wildman–Crippen LogP) is 2.58. The second kappa shape index (κ2) is 4.33. The van der Waals surface area contributed by atoms with Gasteiger partial charge in [-0.3, -0.25) is 5.32 Å². The van der Waals surface area contributed by atoms with Crippen molar-refractivity contribution in [3.63, 3.8) is 0 Å². The Labute approximate surface area is 88.8 Å². The van der Waals surface area contributed by atoms with Crippen LogP contribution < -0.4 is 5.32 Å². The van der Waals surface area contributed by atoms with E-state index in [1.807, 2.05) is 6.92 Å². The van der Waals surface area contributed by atoms with Gasteiger partial charge >= 0.3 is 6.09 Å². The van der Waals surface area contributed by atoms with Crippen LogP contribution in [0.4, 0.5) is 10.6 Å². The zero-order valence-corrected chi connectivity index (χ0v) is 9.46. The summed E-state index contributed by atoms with van der Waals surface area (Å²) in [5.74, 6) is 1.10. The molecule has 84 valence electrons. The predicted molar refractivity (Wildman–Crippen MR) is 55.7 cm³/mol. The molecule has 5 heteroatoms. The number of hydrogen-bond acceptors (Lipinski definition) is 4. The van der Waals surface area contributed by atoms with E-state index in [2.05, 4.69) is 10.5 Å². The monoisotopic (exact) mass is 212 g/mol. The van der Waals surface area contributed by atoms with Crippen molar-refractivity contribution in [1.82, 2.24) is 5.16 Å². The van der Waals surface area contributed by atoms with Gasteiger partial charge in [-0.05, 0) is 20.8 Å². The Hall–Kier alpha value is -1.52. The molecular formula is C10H16N2O3. The highest BCUT2D eigenvalue weighted by atomic mass is 16.6. The Morgan fingerprint density at radius 2 is 2.27 bits per heavy atom. The number of nitrogens with one attached hydrogen (secondary N) is 1. The zero-order valence-electron chi connectivity index (χ0n) is 9.46. The van der Waals surface area contributed by atoms with Crippen LogP contribution in [0.3, 0.4) is 0 Å². The molecule has 0 bridgehead atoms. The number of hydrogen-bond donors (Lipinski definition) is 1. The van der Waals surface area contributed by atoms with Gasteiger partial charge in [-0.1, -0.05) is 12.1 Å². The van der Waals surface area contributed by atoms with Gasteiger partial charge in [-0.15, -0.1) is 0 Å². The number of nitrogens with zero attached hydrogens (tertiary/aromatic N) is 1. The van der Waals surface area contributed by atoms with E-state index in [0.29, 0.717) is 5.82 Å². The van der Waals surface area contributed by atoms with Crippen molar-refractivity contribution in [1.29, 1.82) is 0 Å². The fourth-order valence-electron chi connectivity index (χ4n) is 0.947. The number of anilines is 1. The third kappa shape index (κ3) is 4.01. The molecular weight excluding hydrogens is 196 g/mol. The van der Waals surface area contributed by atoms with Gasteiger partial charge in [0.15, 0.2) is 5.82 Å². The number of carbonyl (C=O) groups is 1. The van der Waals surface area contributed by atoms with Gasteiger partial charge in [-0.2, -0.15) is 0 Å². The van der Waals surface area contributed by atoms with E-state index in [9.17, 15) is 4.79 Å². The van der Waals surface area contributed by atoms with Crippen molar-refractivity contribution < 1.29 is 14.1 Å². The number of carbonyl (C=O) groups excluding carboxylic acids is 1. The SMILES string of the molecule is CCc1cc(NC(=O)OC(C)(C)C)no1. The normalized spacial score (nSPS) is 11.2. The Kier molecular flexibility index (Phi) is 3.34. The smallest absolute Gasteiger partial charge is 0.413 e. The molecule has 0 aliphatic rings. The Morgan fingerprint density at radius 1 is 1.60 bits per heavy atom. The van der Waals surface area contributed by atoms with Gasteiger partial charge in [0.25, 0.3) is 0 Å². The van der Waals surface area contributed by atoms with E-state index in [1.54, 1.807) is 26.8 Å². The maximum Gasteiger partial charge on any atom is 0.413 e. The number of aromatic nitrogens is 1. The quantitative estimate of drug-likeness (QED) is 0.818. The topological polar surface area (TPSA) is 64.4 Å². The first kappa shape index (κ1) is 11.6. The fraction of sp³-hybridized carbons (Fsp3) is 0.600. The minimum atomic E-state index is -0.529. The minimum absolute atomic E-state index is 0.376. The van der Waals surface area contributed by atoms with E-state index in [1.165, 1.54) is 0 Å². The van der Waals surface area contributed by atoms with Gasteiger partial charge in [0.2, 0.25) is 0 Å². The van der Waals surface area contributed by atoms with Crippen LogP contribution in [0.5, 0.6) is 0 Å². The average molecular weight is 212 g/mol. The molecule has 0 aliphatic carbocycles. The molecule has 0 atom stereocenters. The van der Waals surface area contributed by atoms with Gasteiger partial charge in [0, 0.05) is 12.5 Å². The molecule has 1 aromatic heterocycles. The molecule has 0 spiro atoms. The van der Waals surface area contributed by atoms with E-state index in [4.69, 9.17) is 9.26 Å². The van der Waals surface area contributed by atoms with Gasteiger partial charge < -0.3 is 9.26 Å². The molecule has 1 heterocycles. The van der Waals surface area contributed by atoms with Crippen molar-refractivity contribution in [2.75, 3.05) is 5.32 Å². The second-order valence-corrected chi connectivity index (χ2v) is 4.16. The van der Waals surface area contributed by atoms with Crippen LogP contribution in [-0.2, 0) is 11.2 Å². The standard InChI is InChI=1S/C10H16N2O3/c1-5-7-6-8(12-15-7)11-9(13)14-10(2,3)4/h6H,5H2,1-4H3,(H,11,12,13). The lowest BCUT2D eigenvalue weighted by atomic mass is 10.2. The maximum atomic E-state index is 11.3. The van der Waals surface area contributed by atoms with E-state index in [0.717, 1.165) is 12.2 Å². The molecule has 1 aromatic rings. The first-order valence-electron chi connectivity index (χ1n) is 4.86. The third-order valence-corrected chi connectivity index (χ3v) is 1.54. The van der Waals surface area contributed by atoms with E-state index >= 15 is 0 Å². The van der Waals surface area contributed by atoms with Crippen LogP contribution >= 0.6 is 0 Å². The molecule has 15 heavy (non-hydrogen) atoms. The van der Waals surface area contributed by atoms with Crippen LogP contribution in [0.15, 0.2) is 10.6 Å². The minimum Gasteiger partial charge on any atom is -0.444 e. The summed E-state index contributed by atoms with van der Waals surface area (Å²) >= 11 is 0. The largest absolute Gasteiger partial charge is 0.444 e. The van der Waals surface area contributed by atoms with Crippen LogP contribution in [0.2, 0.25) is 0 Å². The zero-order chi connectivity index (χ0) is 11.5. The first-order chi connectivity index (χ1) is 6.90. The highest BCUT2D eigenvalue weighted by Gasteiger charge is 2.17. The summed E-state index contributed by atoms with van der Waals surface area (Å²) in [4.78, 5) is 11.3. The molecule has 0 aliphatic heterocycles. The van der Waals surface area contributed by atoms with Gasteiger partial charge in [-0.25, -0.2) is 4.79 Å². The van der Waals surface area contributed by atoms with E-state index < -0.39 is 11.7 Å². The molecule has 0 radical (unpaired) electrons. The molecule has 0 fully saturated rings. The maximum absolute atomic E-state index is 11.3. The molecule has 0 unspecified atom stereocenters. The summed E-state index contributed by atoms with van der Waals surface area (Å²) < 4.78 is 9.98. The summed E-state index contributed by atoms with van der Waals surface area (Å²) in [6, 6.07) is 1.67. The highest BCUT2D eigenvalue weighted by molar-refractivity contribution is 5.83. The summed E-state index contributed by atoms with van der Waals surface area (Å²) in [7, 11) is 0.